The molecule has 2 rings (SSSR count). The van der Waals surface area contributed by atoms with E-state index in [1.165, 1.54) is 0 Å². The van der Waals surface area contributed by atoms with Crippen molar-refractivity contribution in [2.24, 2.45) is 0 Å². The number of nitrogens with one attached hydrogen (secondary N) is 1. The van der Waals surface area contributed by atoms with Crippen molar-refractivity contribution in [3.63, 3.8) is 0 Å². The summed E-state index contributed by atoms with van der Waals surface area (Å²) in [5.41, 5.74) is 0.586. The van der Waals surface area contributed by atoms with Gasteiger partial charge in [-0.2, -0.15) is 0 Å². The molecule has 3 N–H and O–H groups in total. The van der Waals surface area contributed by atoms with E-state index in [1.807, 2.05) is 0 Å². The number of piperidine rings is 1. The highest BCUT2D eigenvalue weighted by atomic mass is 16.5. The van der Waals surface area contributed by atoms with Gasteiger partial charge >= 0.3 is 12.0 Å². The number of carbonyl (C=O) groups is 2. The number of carbonyl (C=O) groups excluding carboxylic acids is 1. The third-order valence-electron chi connectivity index (χ3n) is 3.15. The minimum atomic E-state index is -1.05. The lowest BCUT2D eigenvalue weighted by atomic mass is 10.1. The summed E-state index contributed by atoms with van der Waals surface area (Å²) in [4.78, 5) is 24.0. The Hall–Kier alpha value is -2.28. The van der Waals surface area contributed by atoms with Crippen LogP contribution in [0, 0.1) is 0 Å². The molecule has 7 heteroatoms. The second-order valence-corrected chi connectivity index (χ2v) is 4.88. The number of nitrogens with zero attached hydrogens (tertiary/aromatic N) is 1. The first-order valence-corrected chi connectivity index (χ1v) is 6.73. The molecule has 1 saturated heterocycles. The highest BCUT2D eigenvalue weighted by molar-refractivity contribution is 5.89. The molecule has 2 amide bonds. The van der Waals surface area contributed by atoms with Gasteiger partial charge in [-0.3, -0.25) is 0 Å². The maximum atomic E-state index is 12.0. The number of rotatable bonds is 4. The normalized spacial score (nSPS) is 18.1. The van der Waals surface area contributed by atoms with Gasteiger partial charge in [0.1, 0.15) is 5.75 Å². The van der Waals surface area contributed by atoms with Crippen LogP contribution in [0.15, 0.2) is 24.3 Å². The number of aliphatic hydroxyl groups excluding tert-OH is 1. The maximum absolute atomic E-state index is 12.0. The summed E-state index contributed by atoms with van der Waals surface area (Å²) in [5, 5.41) is 20.8. The predicted octanol–water partition coefficient (Wildman–Crippen LogP) is 1.14. The molecule has 7 nitrogen and oxygen atoms in total. The number of hydrogen-bond donors (Lipinski definition) is 3. The standard InChI is InChI=1S/C14H18N2O5/c17-11-2-1-7-16(8-11)14(20)15-10-3-5-12(6-4-10)21-9-13(18)19/h3-6,11,17H,1-2,7-9H2,(H,15,20)(H,18,19). The first-order valence-electron chi connectivity index (χ1n) is 6.73. The number of amides is 2. The van der Waals surface area contributed by atoms with Crippen LogP contribution in [0.2, 0.25) is 0 Å². The number of hydrogen-bond acceptors (Lipinski definition) is 4. The van der Waals surface area contributed by atoms with Gasteiger partial charge in [0, 0.05) is 18.8 Å². The van der Waals surface area contributed by atoms with Crippen LogP contribution >= 0.6 is 0 Å². The monoisotopic (exact) mass is 294 g/mol. The summed E-state index contributed by atoms with van der Waals surface area (Å²) in [6, 6.07) is 6.19. The van der Waals surface area contributed by atoms with Gasteiger partial charge in [0.15, 0.2) is 6.61 Å². The molecule has 21 heavy (non-hydrogen) atoms. The number of likely N-dealkylation sites (tertiary alicyclic amines) is 1. The summed E-state index contributed by atoms with van der Waals surface area (Å²) in [5.74, 6) is -0.625. The fourth-order valence-electron chi connectivity index (χ4n) is 2.12. The molecule has 0 saturated carbocycles. The van der Waals surface area contributed by atoms with Crippen LogP contribution in [0.25, 0.3) is 0 Å². The number of benzene rings is 1. The highest BCUT2D eigenvalue weighted by Crippen LogP contribution is 2.17. The highest BCUT2D eigenvalue weighted by Gasteiger charge is 2.21. The van der Waals surface area contributed by atoms with Crippen molar-refractivity contribution >= 4 is 17.7 Å². The number of anilines is 1. The lowest BCUT2D eigenvalue weighted by molar-refractivity contribution is -0.139. The Balaban J connectivity index is 1.87. The van der Waals surface area contributed by atoms with Gasteiger partial charge < -0.3 is 25.2 Å². The Labute approximate surface area is 122 Å². The minimum Gasteiger partial charge on any atom is -0.482 e. The van der Waals surface area contributed by atoms with Crippen molar-refractivity contribution < 1.29 is 24.5 Å². The van der Waals surface area contributed by atoms with Crippen molar-refractivity contribution in [2.75, 3.05) is 25.0 Å². The number of aliphatic carboxylic acids is 1. The molecule has 1 aliphatic rings. The first kappa shape index (κ1) is 15.1. The van der Waals surface area contributed by atoms with Crippen molar-refractivity contribution in [2.45, 2.75) is 18.9 Å². The van der Waals surface area contributed by atoms with Crippen LogP contribution < -0.4 is 10.1 Å². The van der Waals surface area contributed by atoms with E-state index in [-0.39, 0.29) is 6.03 Å². The molecule has 1 unspecified atom stereocenters. The average Bonchev–Trinajstić information content (AvgIpc) is 2.46. The van der Waals surface area contributed by atoms with Gasteiger partial charge in [-0.05, 0) is 37.1 Å². The zero-order valence-corrected chi connectivity index (χ0v) is 11.5. The van der Waals surface area contributed by atoms with Crippen LogP contribution in [0.5, 0.6) is 5.75 Å². The summed E-state index contributed by atoms with van der Waals surface area (Å²) in [6.45, 7) is 0.561. The molecule has 0 radical (unpaired) electrons. The van der Waals surface area contributed by atoms with Gasteiger partial charge in [-0.1, -0.05) is 0 Å². The lowest BCUT2D eigenvalue weighted by Gasteiger charge is -2.30. The SMILES string of the molecule is O=C(O)COc1ccc(NC(=O)N2CCCC(O)C2)cc1. The maximum Gasteiger partial charge on any atom is 0.341 e. The summed E-state index contributed by atoms with van der Waals surface area (Å²) in [7, 11) is 0. The van der Waals surface area contributed by atoms with Crippen molar-refractivity contribution in [3.8, 4) is 5.75 Å². The molecular formula is C14H18N2O5. The van der Waals surface area contributed by atoms with Crippen molar-refractivity contribution in [1.82, 2.24) is 4.90 Å². The van der Waals surface area contributed by atoms with E-state index in [2.05, 4.69) is 5.32 Å². The quantitative estimate of drug-likeness (QED) is 0.773. The number of urea groups is 1. The van der Waals surface area contributed by atoms with Crippen LogP contribution in [-0.4, -0.2) is 52.9 Å². The van der Waals surface area contributed by atoms with Gasteiger partial charge in [-0.25, -0.2) is 9.59 Å². The van der Waals surface area contributed by atoms with Gasteiger partial charge in [0.25, 0.3) is 0 Å². The zero-order valence-electron chi connectivity index (χ0n) is 11.5. The van der Waals surface area contributed by atoms with Crippen LogP contribution in [0.4, 0.5) is 10.5 Å². The molecule has 114 valence electrons. The lowest BCUT2D eigenvalue weighted by Crippen LogP contribution is -2.44. The summed E-state index contributed by atoms with van der Waals surface area (Å²) >= 11 is 0. The molecule has 1 aromatic carbocycles. The van der Waals surface area contributed by atoms with E-state index < -0.39 is 18.7 Å². The third-order valence-corrected chi connectivity index (χ3v) is 3.15. The van der Waals surface area contributed by atoms with E-state index in [4.69, 9.17) is 9.84 Å². The molecule has 1 heterocycles. The van der Waals surface area contributed by atoms with E-state index in [1.54, 1.807) is 29.2 Å². The molecule has 0 bridgehead atoms. The van der Waals surface area contributed by atoms with Gasteiger partial charge in [-0.15, -0.1) is 0 Å². The number of β-amino-alcohol motifs (C(OH)–C–C–N with tert-alkyl or cyclic N) is 1. The summed E-state index contributed by atoms with van der Waals surface area (Å²) in [6.07, 6.45) is 1.05. The topological polar surface area (TPSA) is 99.1 Å². The number of ether oxygens (including phenoxy) is 1. The molecule has 1 aliphatic heterocycles. The Morgan fingerprint density at radius 1 is 1.33 bits per heavy atom. The number of carboxylic acid groups (broad SMARTS) is 1. The molecular weight excluding hydrogens is 276 g/mol. The van der Waals surface area contributed by atoms with E-state index in [0.29, 0.717) is 24.5 Å². The van der Waals surface area contributed by atoms with Gasteiger partial charge in [0.05, 0.1) is 6.10 Å². The minimum absolute atomic E-state index is 0.257. The number of aliphatic hydroxyl groups is 1. The molecule has 1 fully saturated rings. The Bertz CT molecular complexity index is 503. The van der Waals surface area contributed by atoms with E-state index in [0.717, 1.165) is 12.8 Å². The smallest absolute Gasteiger partial charge is 0.341 e. The first-order chi connectivity index (χ1) is 10.0. The van der Waals surface area contributed by atoms with Crippen molar-refractivity contribution in [1.29, 1.82) is 0 Å². The van der Waals surface area contributed by atoms with Gasteiger partial charge in [0.2, 0.25) is 0 Å². The van der Waals surface area contributed by atoms with E-state index >= 15 is 0 Å². The average molecular weight is 294 g/mol. The molecule has 1 atom stereocenters. The molecule has 0 spiro atoms. The van der Waals surface area contributed by atoms with Crippen LogP contribution in [0.3, 0.4) is 0 Å². The van der Waals surface area contributed by atoms with Crippen LogP contribution in [-0.2, 0) is 4.79 Å². The second-order valence-electron chi connectivity index (χ2n) is 4.88. The molecule has 0 aliphatic carbocycles. The molecule has 1 aromatic rings. The Morgan fingerprint density at radius 3 is 2.67 bits per heavy atom. The fraction of sp³-hybridized carbons (Fsp3) is 0.429. The zero-order chi connectivity index (χ0) is 15.2. The summed E-state index contributed by atoms with van der Waals surface area (Å²) < 4.78 is 5.00. The van der Waals surface area contributed by atoms with Crippen molar-refractivity contribution in [3.05, 3.63) is 24.3 Å². The number of carboxylic acids is 1. The van der Waals surface area contributed by atoms with Crippen LogP contribution in [0.1, 0.15) is 12.8 Å². The fourth-order valence-corrected chi connectivity index (χ4v) is 2.12. The molecule has 0 aromatic heterocycles. The Kier molecular flexibility index (Phi) is 4.99. The Morgan fingerprint density at radius 2 is 2.05 bits per heavy atom. The predicted molar refractivity (Wildman–Crippen MR) is 75.4 cm³/mol. The largest absolute Gasteiger partial charge is 0.482 e. The van der Waals surface area contributed by atoms with E-state index in [9.17, 15) is 14.7 Å². The second kappa shape index (κ2) is 6.94. The third kappa shape index (κ3) is 4.64.